The quantitative estimate of drug-likeness (QED) is 0.762. The number of aromatic nitrogens is 4. The van der Waals surface area contributed by atoms with Gasteiger partial charge in [-0.15, -0.1) is 11.3 Å². The maximum atomic E-state index is 12.4. The number of nitrogens with zero attached hydrogens (tertiary/aromatic N) is 3. The van der Waals surface area contributed by atoms with Crippen LogP contribution in [0.15, 0.2) is 34.4 Å². The number of aromatic amines is 1. The number of nitrogens with one attached hydrogen (secondary N) is 2. The van der Waals surface area contributed by atoms with Crippen molar-refractivity contribution in [3.8, 4) is 5.95 Å². The fourth-order valence-corrected chi connectivity index (χ4v) is 3.10. The summed E-state index contributed by atoms with van der Waals surface area (Å²) < 4.78 is 1.49. The third kappa shape index (κ3) is 2.88. The molecule has 0 aromatic carbocycles. The lowest BCUT2D eigenvalue weighted by atomic mass is 10.3. The summed E-state index contributed by atoms with van der Waals surface area (Å²) >= 11 is 1.37. The highest BCUT2D eigenvalue weighted by Gasteiger charge is 2.28. The van der Waals surface area contributed by atoms with Crippen LogP contribution in [0, 0.1) is 6.92 Å². The van der Waals surface area contributed by atoms with E-state index in [2.05, 4.69) is 20.4 Å². The third-order valence-corrected chi connectivity index (χ3v) is 4.64. The van der Waals surface area contributed by atoms with Crippen molar-refractivity contribution >= 4 is 23.1 Å². The lowest BCUT2D eigenvalue weighted by Crippen LogP contribution is -2.18. The van der Waals surface area contributed by atoms with Crippen molar-refractivity contribution < 1.29 is 4.79 Å². The molecule has 0 aliphatic heterocycles. The highest BCUT2D eigenvalue weighted by molar-refractivity contribution is 7.12. The molecule has 3 aromatic rings. The highest BCUT2D eigenvalue weighted by atomic mass is 32.1. The summed E-state index contributed by atoms with van der Waals surface area (Å²) in [5, 5.41) is 9.24. The van der Waals surface area contributed by atoms with Crippen molar-refractivity contribution in [1.29, 1.82) is 0 Å². The van der Waals surface area contributed by atoms with Crippen molar-refractivity contribution in [3.05, 3.63) is 56.3 Å². The first-order valence-electron chi connectivity index (χ1n) is 7.63. The van der Waals surface area contributed by atoms with Crippen molar-refractivity contribution in [2.24, 2.45) is 0 Å². The average molecular weight is 341 g/mol. The van der Waals surface area contributed by atoms with Crippen LogP contribution in [0.1, 0.15) is 39.8 Å². The van der Waals surface area contributed by atoms with Gasteiger partial charge in [0, 0.05) is 23.7 Å². The van der Waals surface area contributed by atoms with Gasteiger partial charge in [-0.2, -0.15) is 9.78 Å². The Kier molecular flexibility index (Phi) is 3.53. The van der Waals surface area contributed by atoms with Crippen molar-refractivity contribution in [2.75, 3.05) is 5.32 Å². The zero-order chi connectivity index (χ0) is 16.7. The Hall–Kier alpha value is -2.74. The van der Waals surface area contributed by atoms with Crippen LogP contribution in [0.3, 0.4) is 0 Å². The second kappa shape index (κ2) is 5.72. The summed E-state index contributed by atoms with van der Waals surface area (Å²) in [5.74, 6) is 1.01. The van der Waals surface area contributed by atoms with Crippen molar-refractivity contribution in [3.63, 3.8) is 0 Å². The summed E-state index contributed by atoms with van der Waals surface area (Å²) in [6, 6.07) is 6.85. The van der Waals surface area contributed by atoms with E-state index in [0.29, 0.717) is 28.3 Å². The predicted octanol–water partition coefficient (Wildman–Crippen LogP) is 2.46. The molecule has 24 heavy (non-hydrogen) atoms. The van der Waals surface area contributed by atoms with Crippen LogP contribution >= 0.6 is 11.3 Å². The highest BCUT2D eigenvalue weighted by Crippen LogP contribution is 2.40. The molecule has 3 heterocycles. The molecule has 0 bridgehead atoms. The van der Waals surface area contributed by atoms with Crippen molar-refractivity contribution in [2.45, 2.75) is 25.7 Å². The molecule has 0 radical (unpaired) electrons. The van der Waals surface area contributed by atoms with Gasteiger partial charge in [-0.3, -0.25) is 14.6 Å². The van der Waals surface area contributed by atoms with Crippen LogP contribution in [0.25, 0.3) is 5.95 Å². The number of aryl methyl sites for hydroxylation is 1. The minimum absolute atomic E-state index is 0.205. The zero-order valence-corrected chi connectivity index (χ0v) is 13.8. The molecule has 0 saturated heterocycles. The Labute approximate surface area is 141 Å². The first kappa shape index (κ1) is 14.8. The lowest BCUT2D eigenvalue weighted by molar-refractivity contribution is 0.103. The van der Waals surface area contributed by atoms with E-state index in [1.165, 1.54) is 22.1 Å². The van der Waals surface area contributed by atoms with Gasteiger partial charge >= 0.3 is 0 Å². The molecule has 1 fully saturated rings. The number of hydrogen-bond donors (Lipinski definition) is 2. The second-order valence-electron chi connectivity index (χ2n) is 5.78. The Morgan fingerprint density at radius 3 is 2.92 bits per heavy atom. The van der Waals surface area contributed by atoms with Gasteiger partial charge in [0.15, 0.2) is 0 Å². The van der Waals surface area contributed by atoms with Crippen LogP contribution in [0.5, 0.6) is 0 Å². The number of carbonyl (C=O) groups is 1. The van der Waals surface area contributed by atoms with Gasteiger partial charge in [0.05, 0.1) is 10.6 Å². The molecule has 122 valence electrons. The lowest BCUT2D eigenvalue weighted by Gasteiger charge is -2.07. The Morgan fingerprint density at radius 1 is 1.42 bits per heavy atom. The van der Waals surface area contributed by atoms with Crippen LogP contribution in [0.2, 0.25) is 0 Å². The average Bonchev–Trinajstić information content (AvgIpc) is 3.08. The summed E-state index contributed by atoms with van der Waals surface area (Å²) in [7, 11) is 0. The third-order valence-electron chi connectivity index (χ3n) is 3.77. The number of thiophene rings is 1. The molecule has 1 aliphatic carbocycles. The predicted molar refractivity (Wildman–Crippen MR) is 91.0 cm³/mol. The van der Waals surface area contributed by atoms with Gasteiger partial charge in [-0.1, -0.05) is 6.07 Å². The number of hydrogen-bond acceptors (Lipinski definition) is 5. The molecule has 1 amide bonds. The van der Waals surface area contributed by atoms with E-state index >= 15 is 0 Å². The van der Waals surface area contributed by atoms with E-state index in [9.17, 15) is 9.59 Å². The van der Waals surface area contributed by atoms with E-state index < -0.39 is 0 Å². The van der Waals surface area contributed by atoms with Gasteiger partial charge in [0.1, 0.15) is 5.82 Å². The van der Waals surface area contributed by atoms with Gasteiger partial charge in [0.2, 0.25) is 5.95 Å². The monoisotopic (exact) mass is 341 g/mol. The molecule has 1 saturated carbocycles. The van der Waals surface area contributed by atoms with Crippen LogP contribution in [0.4, 0.5) is 5.82 Å². The molecule has 0 unspecified atom stereocenters. The van der Waals surface area contributed by atoms with Crippen molar-refractivity contribution in [1.82, 2.24) is 19.7 Å². The van der Waals surface area contributed by atoms with Gasteiger partial charge in [0.25, 0.3) is 11.5 Å². The fraction of sp³-hybridized carbons (Fsp3) is 0.250. The molecule has 8 heteroatoms. The number of rotatable bonds is 4. The number of anilines is 1. The van der Waals surface area contributed by atoms with Gasteiger partial charge in [-0.05, 0) is 31.2 Å². The molecule has 0 atom stereocenters. The molecular formula is C16H15N5O2S. The molecule has 4 rings (SSSR count). The minimum atomic E-state index is -0.253. The van der Waals surface area contributed by atoms with Crippen LogP contribution < -0.4 is 10.9 Å². The van der Waals surface area contributed by atoms with Gasteiger partial charge in [-0.25, -0.2) is 4.98 Å². The van der Waals surface area contributed by atoms with Crippen LogP contribution in [-0.2, 0) is 0 Å². The Balaban J connectivity index is 1.75. The summed E-state index contributed by atoms with van der Waals surface area (Å²) in [4.78, 5) is 31.7. The Bertz CT molecular complexity index is 953. The number of amides is 1. The molecule has 2 N–H and O–H groups in total. The molecular weight excluding hydrogens is 326 g/mol. The molecule has 7 nitrogen and oxygen atoms in total. The topological polar surface area (TPSA) is 92.7 Å². The second-order valence-corrected chi connectivity index (χ2v) is 6.73. The van der Waals surface area contributed by atoms with Gasteiger partial charge < -0.3 is 5.32 Å². The molecule has 0 spiro atoms. The zero-order valence-electron chi connectivity index (χ0n) is 12.9. The van der Waals surface area contributed by atoms with E-state index in [1.54, 1.807) is 13.0 Å². The maximum Gasteiger partial charge on any atom is 0.266 e. The van der Waals surface area contributed by atoms with E-state index in [-0.39, 0.29) is 11.5 Å². The summed E-state index contributed by atoms with van der Waals surface area (Å²) in [6.45, 7) is 1.74. The minimum Gasteiger partial charge on any atom is -0.306 e. The number of H-pyrrole nitrogens is 1. The summed E-state index contributed by atoms with van der Waals surface area (Å²) in [6.07, 6.45) is 2.18. The maximum absolute atomic E-state index is 12.4. The number of carbonyl (C=O) groups excluding carboxylic acids is 1. The molecule has 3 aromatic heterocycles. The first-order valence-corrected chi connectivity index (χ1v) is 8.51. The smallest absolute Gasteiger partial charge is 0.266 e. The first-order chi connectivity index (χ1) is 11.6. The van der Waals surface area contributed by atoms with E-state index in [1.807, 2.05) is 17.5 Å². The SMILES string of the molecule is Cc1cc(=O)[nH]c(-n2nc(C3CC3)cc2NC(=O)c2cccs2)n1. The standard InChI is InChI=1S/C16H15N5O2S/c1-9-7-14(22)19-16(17-9)21-13(8-11(20-21)10-4-5-10)18-15(23)12-3-2-6-24-12/h2-3,6-8,10H,4-5H2,1H3,(H,18,23)(H,17,19,22). The fourth-order valence-electron chi connectivity index (χ4n) is 2.48. The van der Waals surface area contributed by atoms with E-state index in [4.69, 9.17) is 0 Å². The van der Waals surface area contributed by atoms with Crippen LogP contribution in [-0.4, -0.2) is 25.7 Å². The largest absolute Gasteiger partial charge is 0.306 e. The molecule has 1 aliphatic rings. The van der Waals surface area contributed by atoms with E-state index in [0.717, 1.165) is 18.5 Å². The normalized spacial score (nSPS) is 13.9. The summed E-state index contributed by atoms with van der Waals surface area (Å²) in [5.41, 5.74) is 1.24. The Morgan fingerprint density at radius 2 is 2.25 bits per heavy atom.